The van der Waals surface area contributed by atoms with Crippen LogP contribution in [0.4, 0.5) is 5.82 Å². The number of nitrogens with one attached hydrogen (secondary N) is 1. The van der Waals surface area contributed by atoms with Crippen LogP contribution in [-0.4, -0.2) is 20.4 Å². The van der Waals surface area contributed by atoms with Crippen molar-refractivity contribution in [2.24, 2.45) is 7.05 Å². The van der Waals surface area contributed by atoms with E-state index < -0.39 is 4.75 Å². The minimum absolute atomic E-state index is 0.000802. The lowest BCUT2D eigenvalue weighted by Gasteiger charge is -2.26. The maximum absolute atomic E-state index is 12.6. The van der Waals surface area contributed by atoms with Crippen LogP contribution in [0.5, 0.6) is 0 Å². The minimum atomic E-state index is -0.539. The second-order valence-electron chi connectivity index (χ2n) is 6.43. The van der Waals surface area contributed by atoms with E-state index in [2.05, 4.69) is 23.4 Å². The van der Waals surface area contributed by atoms with E-state index in [-0.39, 0.29) is 11.2 Å². The van der Waals surface area contributed by atoms with Gasteiger partial charge in [0.05, 0.1) is 15.7 Å². The standard InChI is InChI=1S/C17H20ClN3OS/c1-9-8-11(18)6-7-12(9)14-13-10(2)20-21(5)15(13)19-16(22)17(3,4)23-14/h6-8,14H,1-5H3,(H,19,22). The van der Waals surface area contributed by atoms with Crippen LogP contribution in [0.2, 0.25) is 5.02 Å². The van der Waals surface area contributed by atoms with Crippen LogP contribution in [-0.2, 0) is 11.8 Å². The van der Waals surface area contributed by atoms with E-state index >= 15 is 0 Å². The van der Waals surface area contributed by atoms with Gasteiger partial charge in [-0.2, -0.15) is 5.10 Å². The topological polar surface area (TPSA) is 46.9 Å². The molecule has 2 aromatic rings. The van der Waals surface area contributed by atoms with Crippen LogP contribution in [0.15, 0.2) is 18.2 Å². The van der Waals surface area contributed by atoms with Crippen LogP contribution in [0.3, 0.4) is 0 Å². The molecule has 0 fully saturated rings. The summed E-state index contributed by atoms with van der Waals surface area (Å²) in [5.74, 6) is 0.783. The van der Waals surface area contributed by atoms with Crippen molar-refractivity contribution in [1.29, 1.82) is 0 Å². The van der Waals surface area contributed by atoms with Crippen molar-refractivity contribution in [2.45, 2.75) is 37.7 Å². The van der Waals surface area contributed by atoms with E-state index in [0.29, 0.717) is 0 Å². The van der Waals surface area contributed by atoms with Crippen molar-refractivity contribution in [2.75, 3.05) is 5.32 Å². The van der Waals surface area contributed by atoms with E-state index in [0.717, 1.165) is 27.7 Å². The summed E-state index contributed by atoms with van der Waals surface area (Å²) in [6.07, 6.45) is 0. The number of aryl methyl sites for hydroxylation is 3. The highest BCUT2D eigenvalue weighted by Crippen LogP contribution is 2.50. The summed E-state index contributed by atoms with van der Waals surface area (Å²) in [4.78, 5) is 12.6. The Morgan fingerprint density at radius 1 is 1.35 bits per heavy atom. The Morgan fingerprint density at radius 2 is 2.04 bits per heavy atom. The van der Waals surface area contributed by atoms with Crippen LogP contribution in [0.1, 0.15) is 41.5 Å². The van der Waals surface area contributed by atoms with E-state index in [1.807, 2.05) is 40.0 Å². The molecule has 1 aliphatic heterocycles. The lowest BCUT2D eigenvalue weighted by molar-refractivity contribution is -0.117. The number of hydrogen-bond donors (Lipinski definition) is 1. The number of halogens is 1. The van der Waals surface area contributed by atoms with Crippen molar-refractivity contribution in [3.05, 3.63) is 45.6 Å². The molecule has 0 aliphatic carbocycles. The zero-order valence-electron chi connectivity index (χ0n) is 13.9. The summed E-state index contributed by atoms with van der Waals surface area (Å²) in [7, 11) is 1.86. The minimum Gasteiger partial charge on any atom is -0.309 e. The number of nitrogens with zero attached hydrogens (tertiary/aromatic N) is 2. The monoisotopic (exact) mass is 349 g/mol. The maximum atomic E-state index is 12.6. The molecule has 0 saturated carbocycles. The quantitative estimate of drug-likeness (QED) is 0.837. The first-order chi connectivity index (χ1) is 10.7. The number of aromatic nitrogens is 2. The lowest BCUT2D eigenvalue weighted by Crippen LogP contribution is -2.33. The molecule has 1 aliphatic rings. The zero-order chi connectivity index (χ0) is 16.9. The van der Waals surface area contributed by atoms with Crippen molar-refractivity contribution >= 4 is 35.1 Å². The summed E-state index contributed by atoms with van der Waals surface area (Å²) in [5, 5.41) is 8.30. The number of carbonyl (C=O) groups excluding carboxylic acids is 1. The highest BCUT2D eigenvalue weighted by molar-refractivity contribution is 8.01. The van der Waals surface area contributed by atoms with Crippen LogP contribution in [0.25, 0.3) is 0 Å². The molecular weight excluding hydrogens is 330 g/mol. The third-order valence-corrected chi connectivity index (χ3v) is 5.97. The molecule has 0 saturated heterocycles. The fourth-order valence-electron chi connectivity index (χ4n) is 2.95. The number of carbonyl (C=O) groups is 1. The smallest absolute Gasteiger partial charge is 0.241 e. The molecule has 1 amide bonds. The molecule has 4 nitrogen and oxygen atoms in total. The first-order valence-electron chi connectivity index (χ1n) is 7.49. The Labute approximate surface area is 145 Å². The zero-order valence-corrected chi connectivity index (χ0v) is 15.5. The predicted octanol–water partition coefficient (Wildman–Crippen LogP) is 4.24. The highest BCUT2D eigenvalue weighted by atomic mass is 35.5. The SMILES string of the molecule is Cc1cc(Cl)ccc1C1SC(C)(C)C(=O)Nc2c1c(C)nn2C. The molecule has 0 radical (unpaired) electrons. The molecule has 1 aromatic heterocycles. The van der Waals surface area contributed by atoms with E-state index in [1.165, 1.54) is 5.56 Å². The molecule has 6 heteroatoms. The van der Waals surface area contributed by atoms with Gasteiger partial charge in [0.2, 0.25) is 5.91 Å². The molecule has 1 unspecified atom stereocenters. The molecule has 0 spiro atoms. The van der Waals surface area contributed by atoms with Crippen LogP contribution < -0.4 is 5.32 Å². The summed E-state index contributed by atoms with van der Waals surface area (Å²) in [6, 6.07) is 5.93. The fraction of sp³-hybridized carbons (Fsp3) is 0.412. The second kappa shape index (κ2) is 5.56. The van der Waals surface area contributed by atoms with Gasteiger partial charge >= 0.3 is 0 Å². The molecule has 0 bridgehead atoms. The third-order valence-electron chi connectivity index (χ3n) is 4.24. The second-order valence-corrected chi connectivity index (χ2v) is 8.60. The average molecular weight is 350 g/mol. The Kier molecular flexibility index (Phi) is 3.97. The molecule has 3 rings (SSSR count). The largest absolute Gasteiger partial charge is 0.309 e. The van der Waals surface area contributed by atoms with Gasteiger partial charge in [-0.05, 0) is 51.0 Å². The molecule has 1 aromatic carbocycles. The average Bonchev–Trinajstić information content (AvgIpc) is 2.65. The third kappa shape index (κ3) is 2.76. The first-order valence-corrected chi connectivity index (χ1v) is 8.75. The molecule has 122 valence electrons. The Hall–Kier alpha value is -1.46. The Balaban J connectivity index is 2.23. The fourth-order valence-corrected chi connectivity index (χ4v) is 4.72. The highest BCUT2D eigenvalue weighted by Gasteiger charge is 2.40. The van der Waals surface area contributed by atoms with E-state index in [9.17, 15) is 4.79 Å². The molecule has 23 heavy (non-hydrogen) atoms. The summed E-state index contributed by atoms with van der Waals surface area (Å²) < 4.78 is 1.21. The van der Waals surface area contributed by atoms with Gasteiger partial charge in [0, 0.05) is 17.6 Å². The number of hydrogen-bond acceptors (Lipinski definition) is 3. The number of benzene rings is 1. The summed E-state index contributed by atoms with van der Waals surface area (Å²) in [5.41, 5.74) is 4.30. The van der Waals surface area contributed by atoms with Crippen LogP contribution >= 0.6 is 23.4 Å². The van der Waals surface area contributed by atoms with E-state index in [4.69, 9.17) is 11.6 Å². The van der Waals surface area contributed by atoms with Crippen LogP contribution in [0, 0.1) is 13.8 Å². The lowest BCUT2D eigenvalue weighted by atomic mass is 10.00. The molecule has 1 N–H and O–H groups in total. The van der Waals surface area contributed by atoms with Gasteiger partial charge in [0.15, 0.2) is 0 Å². The summed E-state index contributed by atoms with van der Waals surface area (Å²) >= 11 is 7.77. The Bertz CT molecular complexity index is 797. The first kappa shape index (κ1) is 16.4. The normalized spacial score (nSPS) is 19.9. The van der Waals surface area contributed by atoms with Crippen molar-refractivity contribution in [3.8, 4) is 0 Å². The van der Waals surface area contributed by atoms with Crippen molar-refractivity contribution < 1.29 is 4.79 Å². The number of amides is 1. The van der Waals surface area contributed by atoms with Crippen molar-refractivity contribution in [3.63, 3.8) is 0 Å². The van der Waals surface area contributed by atoms with Gasteiger partial charge < -0.3 is 5.32 Å². The van der Waals surface area contributed by atoms with Gasteiger partial charge in [0.25, 0.3) is 0 Å². The number of fused-ring (bicyclic) bond motifs is 1. The van der Waals surface area contributed by atoms with Gasteiger partial charge in [-0.25, -0.2) is 0 Å². The maximum Gasteiger partial charge on any atom is 0.241 e. The summed E-state index contributed by atoms with van der Waals surface area (Å²) in [6.45, 7) is 7.96. The van der Waals surface area contributed by atoms with E-state index in [1.54, 1.807) is 16.4 Å². The van der Waals surface area contributed by atoms with Gasteiger partial charge in [-0.1, -0.05) is 17.7 Å². The number of thioether (sulfide) groups is 1. The molecular formula is C17H20ClN3OS. The van der Waals surface area contributed by atoms with Gasteiger partial charge in [0.1, 0.15) is 5.82 Å². The molecule has 1 atom stereocenters. The number of anilines is 1. The molecule has 2 heterocycles. The predicted molar refractivity (Wildman–Crippen MR) is 96.3 cm³/mol. The Morgan fingerprint density at radius 3 is 2.70 bits per heavy atom. The van der Waals surface area contributed by atoms with Gasteiger partial charge in [-0.3, -0.25) is 9.48 Å². The van der Waals surface area contributed by atoms with Gasteiger partial charge in [-0.15, -0.1) is 11.8 Å². The number of rotatable bonds is 1. The van der Waals surface area contributed by atoms with Crippen molar-refractivity contribution in [1.82, 2.24) is 9.78 Å².